The van der Waals surface area contributed by atoms with Gasteiger partial charge in [0, 0.05) is 6.54 Å². The second-order valence-electron chi connectivity index (χ2n) is 3.53. The molecule has 0 aliphatic carbocycles. The third-order valence-corrected chi connectivity index (χ3v) is 2.43. The number of carbonyl (C=O) groups is 1. The fourth-order valence-corrected chi connectivity index (χ4v) is 1.65. The molecule has 0 aliphatic heterocycles. The van der Waals surface area contributed by atoms with Crippen LogP contribution in [-0.2, 0) is 0 Å². The molecule has 0 aliphatic rings. The molecule has 0 atom stereocenters. The molecule has 5 nitrogen and oxygen atoms in total. The third-order valence-electron chi connectivity index (χ3n) is 2.18. The Bertz CT molecular complexity index is 540. The second-order valence-corrected chi connectivity index (χ2v) is 3.94. The molecule has 0 saturated carbocycles. The molecule has 6 heteroatoms. The molecule has 0 radical (unpaired) electrons. The lowest BCUT2D eigenvalue weighted by Gasteiger charge is -2.06. The minimum Gasteiger partial charge on any atom is -0.443 e. The van der Waals surface area contributed by atoms with E-state index in [2.05, 4.69) is 17.2 Å². The molecule has 0 amide bonds. The first-order valence-electron chi connectivity index (χ1n) is 5.21. The van der Waals surface area contributed by atoms with Gasteiger partial charge in [-0.1, -0.05) is 6.08 Å². The predicted octanol–water partition coefficient (Wildman–Crippen LogP) is 2.13. The monoisotopic (exact) mass is 263 g/mol. The maximum Gasteiger partial charge on any atom is 0.217 e. The molecule has 0 bridgehead atoms. The van der Waals surface area contributed by atoms with Crippen LogP contribution >= 0.6 is 12.2 Å². The Labute approximate surface area is 110 Å². The smallest absolute Gasteiger partial charge is 0.217 e. The number of Topliss-reactive ketones (excluding diaryl/α,β-unsaturated/α-hetero) is 1. The number of hydrogen-bond donors (Lipinski definition) is 2. The maximum absolute atomic E-state index is 11.4. The summed E-state index contributed by atoms with van der Waals surface area (Å²) in [5, 5.41) is 15.0. The fraction of sp³-hybridized carbons (Fsp3) is 0.250. The van der Waals surface area contributed by atoms with Crippen molar-refractivity contribution in [3.63, 3.8) is 0 Å². The number of rotatable bonds is 4. The zero-order valence-electron chi connectivity index (χ0n) is 10.2. The van der Waals surface area contributed by atoms with Crippen molar-refractivity contribution in [2.45, 2.75) is 13.8 Å². The summed E-state index contributed by atoms with van der Waals surface area (Å²) in [5.41, 5.74) is 0.453. The number of furan rings is 1. The summed E-state index contributed by atoms with van der Waals surface area (Å²) < 4.78 is 5.34. The first-order chi connectivity index (χ1) is 8.51. The van der Waals surface area contributed by atoms with Gasteiger partial charge in [0.05, 0.1) is 5.56 Å². The van der Waals surface area contributed by atoms with E-state index in [1.54, 1.807) is 13.0 Å². The number of ketones is 1. The SMILES string of the molecule is C=CCNC(=S)Nc1oc(C)c(C(C)=O)c1C#N. The van der Waals surface area contributed by atoms with Gasteiger partial charge in [0.1, 0.15) is 17.4 Å². The average Bonchev–Trinajstić information content (AvgIpc) is 2.62. The summed E-state index contributed by atoms with van der Waals surface area (Å²) in [7, 11) is 0. The van der Waals surface area contributed by atoms with E-state index < -0.39 is 0 Å². The molecule has 18 heavy (non-hydrogen) atoms. The van der Waals surface area contributed by atoms with E-state index in [-0.39, 0.29) is 22.8 Å². The molecule has 0 fully saturated rings. The van der Waals surface area contributed by atoms with E-state index in [1.165, 1.54) is 6.92 Å². The van der Waals surface area contributed by atoms with Crippen LogP contribution in [0.25, 0.3) is 0 Å². The van der Waals surface area contributed by atoms with Crippen molar-refractivity contribution in [3.05, 3.63) is 29.5 Å². The highest BCUT2D eigenvalue weighted by molar-refractivity contribution is 7.80. The average molecular weight is 263 g/mol. The molecule has 1 rings (SSSR count). The van der Waals surface area contributed by atoms with Crippen molar-refractivity contribution in [1.29, 1.82) is 5.26 Å². The van der Waals surface area contributed by atoms with E-state index in [0.29, 0.717) is 17.4 Å². The normalized spacial score (nSPS) is 9.39. The number of aryl methyl sites for hydroxylation is 1. The van der Waals surface area contributed by atoms with Crippen LogP contribution in [0.5, 0.6) is 0 Å². The molecule has 94 valence electrons. The van der Waals surface area contributed by atoms with Gasteiger partial charge in [-0.3, -0.25) is 4.79 Å². The van der Waals surface area contributed by atoms with Crippen LogP contribution in [0.4, 0.5) is 5.88 Å². The highest BCUT2D eigenvalue weighted by Gasteiger charge is 2.21. The molecular weight excluding hydrogens is 250 g/mol. The first-order valence-corrected chi connectivity index (χ1v) is 5.62. The first kappa shape index (κ1) is 13.9. The summed E-state index contributed by atoms with van der Waals surface area (Å²) >= 11 is 5.00. The van der Waals surface area contributed by atoms with E-state index >= 15 is 0 Å². The van der Waals surface area contributed by atoms with Crippen LogP contribution in [0.1, 0.15) is 28.6 Å². The zero-order chi connectivity index (χ0) is 13.7. The van der Waals surface area contributed by atoms with Gasteiger partial charge in [-0.15, -0.1) is 6.58 Å². The molecular formula is C12H13N3O2S. The number of nitriles is 1. The number of carbonyl (C=O) groups excluding carboxylic acids is 1. The summed E-state index contributed by atoms with van der Waals surface area (Å²) in [4.78, 5) is 11.4. The van der Waals surface area contributed by atoms with Crippen molar-refractivity contribution in [2.75, 3.05) is 11.9 Å². The highest BCUT2D eigenvalue weighted by Crippen LogP contribution is 2.26. The van der Waals surface area contributed by atoms with Crippen LogP contribution in [0.2, 0.25) is 0 Å². The molecule has 1 aromatic rings. The van der Waals surface area contributed by atoms with Gasteiger partial charge in [-0.25, -0.2) is 0 Å². The minimum absolute atomic E-state index is 0.169. The molecule has 1 heterocycles. The van der Waals surface area contributed by atoms with Gasteiger partial charge in [0.25, 0.3) is 0 Å². The Morgan fingerprint density at radius 3 is 2.83 bits per heavy atom. The minimum atomic E-state index is -0.217. The van der Waals surface area contributed by atoms with Crippen molar-refractivity contribution >= 4 is 29.0 Å². The number of anilines is 1. The topological polar surface area (TPSA) is 78.1 Å². The number of hydrogen-bond acceptors (Lipinski definition) is 4. The van der Waals surface area contributed by atoms with Gasteiger partial charge in [0.15, 0.2) is 10.9 Å². The maximum atomic E-state index is 11.4. The van der Waals surface area contributed by atoms with Gasteiger partial charge in [-0.05, 0) is 26.1 Å². The summed E-state index contributed by atoms with van der Waals surface area (Å²) in [6.45, 7) is 7.05. The van der Waals surface area contributed by atoms with E-state index in [0.717, 1.165) is 0 Å². The number of nitrogens with one attached hydrogen (secondary N) is 2. The van der Waals surface area contributed by atoms with Gasteiger partial charge >= 0.3 is 0 Å². The predicted molar refractivity (Wildman–Crippen MR) is 72.6 cm³/mol. The number of thiocarbonyl (C=S) groups is 1. The molecule has 2 N–H and O–H groups in total. The lowest BCUT2D eigenvalue weighted by Crippen LogP contribution is -2.28. The lowest BCUT2D eigenvalue weighted by atomic mass is 10.1. The number of nitrogens with zero attached hydrogens (tertiary/aromatic N) is 1. The van der Waals surface area contributed by atoms with E-state index in [4.69, 9.17) is 21.9 Å². The molecule has 0 aromatic carbocycles. The summed E-state index contributed by atoms with van der Waals surface area (Å²) in [5.74, 6) is 0.362. The highest BCUT2D eigenvalue weighted by atomic mass is 32.1. The van der Waals surface area contributed by atoms with Crippen LogP contribution in [0.15, 0.2) is 17.1 Å². The van der Waals surface area contributed by atoms with E-state index in [9.17, 15) is 4.79 Å². The van der Waals surface area contributed by atoms with Crippen LogP contribution < -0.4 is 10.6 Å². The van der Waals surface area contributed by atoms with Gasteiger partial charge in [0.2, 0.25) is 5.88 Å². The quantitative estimate of drug-likeness (QED) is 0.492. The Hall–Kier alpha value is -2.13. The molecule has 1 aromatic heterocycles. The van der Waals surface area contributed by atoms with Crippen LogP contribution in [-0.4, -0.2) is 17.4 Å². The second kappa shape index (κ2) is 5.98. The Balaban J connectivity index is 3.01. The molecule has 0 saturated heterocycles. The van der Waals surface area contributed by atoms with Crippen molar-refractivity contribution in [3.8, 4) is 6.07 Å². The zero-order valence-corrected chi connectivity index (χ0v) is 11.0. The fourth-order valence-electron chi connectivity index (χ4n) is 1.48. The van der Waals surface area contributed by atoms with Crippen LogP contribution in [0, 0.1) is 18.3 Å². The van der Waals surface area contributed by atoms with E-state index in [1.807, 2.05) is 6.07 Å². The largest absolute Gasteiger partial charge is 0.443 e. The third kappa shape index (κ3) is 2.96. The lowest BCUT2D eigenvalue weighted by molar-refractivity contribution is 0.101. The van der Waals surface area contributed by atoms with Crippen molar-refractivity contribution < 1.29 is 9.21 Å². The molecule has 0 unspecified atom stereocenters. The van der Waals surface area contributed by atoms with Crippen LogP contribution in [0.3, 0.4) is 0 Å². The standard InChI is InChI=1S/C12H13N3O2S/c1-4-5-14-12(18)15-11-9(6-13)10(7(2)16)8(3)17-11/h4H,1,5H2,2-3H3,(H2,14,15,18). The Morgan fingerprint density at radius 1 is 1.67 bits per heavy atom. The van der Waals surface area contributed by atoms with Crippen molar-refractivity contribution in [1.82, 2.24) is 5.32 Å². The Morgan fingerprint density at radius 2 is 2.33 bits per heavy atom. The Kier molecular flexibility index (Phi) is 4.63. The van der Waals surface area contributed by atoms with Crippen molar-refractivity contribution in [2.24, 2.45) is 0 Å². The summed E-state index contributed by atoms with van der Waals surface area (Å²) in [6.07, 6.45) is 1.65. The van der Waals surface area contributed by atoms with Gasteiger partial charge < -0.3 is 15.1 Å². The molecule has 0 spiro atoms. The summed E-state index contributed by atoms with van der Waals surface area (Å²) in [6, 6.07) is 1.94. The van der Waals surface area contributed by atoms with Gasteiger partial charge in [-0.2, -0.15) is 5.26 Å².